The molecule has 1 saturated heterocycles. The topological polar surface area (TPSA) is 69.2 Å². The summed E-state index contributed by atoms with van der Waals surface area (Å²) in [5.41, 5.74) is 4.40. The third kappa shape index (κ3) is 2.35. The van der Waals surface area contributed by atoms with Crippen LogP contribution in [-0.2, 0) is 7.05 Å². The number of halogens is 1. The first-order chi connectivity index (χ1) is 12.2. The van der Waals surface area contributed by atoms with E-state index in [0.29, 0.717) is 0 Å². The maximum absolute atomic E-state index is 12.7. The van der Waals surface area contributed by atoms with E-state index in [1.165, 1.54) is 0 Å². The van der Waals surface area contributed by atoms with Crippen LogP contribution in [0.2, 0.25) is 0 Å². The highest BCUT2D eigenvalue weighted by Crippen LogP contribution is 2.26. The van der Waals surface area contributed by atoms with E-state index in [9.17, 15) is 4.79 Å². The fourth-order valence-electron chi connectivity index (χ4n) is 3.71. The minimum atomic E-state index is -0.00628. The molecule has 4 aromatic heterocycles. The summed E-state index contributed by atoms with van der Waals surface area (Å²) < 4.78 is 5.35. The molecule has 1 aliphatic rings. The van der Waals surface area contributed by atoms with Crippen LogP contribution in [0, 0.1) is 0 Å². The third-order valence-corrected chi connectivity index (χ3v) is 5.04. The number of nitrogens with zero attached hydrogens (tertiary/aromatic N) is 5. The van der Waals surface area contributed by atoms with Crippen LogP contribution in [0.1, 0.15) is 12.5 Å². The van der Waals surface area contributed by atoms with Crippen LogP contribution in [0.4, 0.5) is 0 Å². The van der Waals surface area contributed by atoms with Crippen LogP contribution >= 0.6 is 12.4 Å². The van der Waals surface area contributed by atoms with Gasteiger partial charge in [-0.05, 0) is 37.2 Å². The molecule has 5 heterocycles. The van der Waals surface area contributed by atoms with Crippen molar-refractivity contribution in [1.82, 2.24) is 29.0 Å². The predicted octanol–water partition coefficient (Wildman–Crippen LogP) is 2.01. The van der Waals surface area contributed by atoms with Gasteiger partial charge in [-0.25, -0.2) is 14.3 Å². The van der Waals surface area contributed by atoms with Crippen molar-refractivity contribution in [2.24, 2.45) is 7.05 Å². The molecule has 5 rings (SSSR count). The number of fused-ring (bicyclic) bond motifs is 2. The zero-order valence-electron chi connectivity index (χ0n) is 14.3. The Labute approximate surface area is 155 Å². The lowest BCUT2D eigenvalue weighted by atomic mass is 10.2. The van der Waals surface area contributed by atoms with E-state index in [2.05, 4.69) is 10.4 Å². The van der Waals surface area contributed by atoms with Gasteiger partial charge in [0.05, 0.1) is 29.0 Å². The molecule has 0 spiro atoms. The second-order valence-corrected chi connectivity index (χ2v) is 6.49. The number of nitrogens with one attached hydrogen (secondary N) is 1. The Bertz CT molecular complexity index is 1150. The molecule has 7 nitrogen and oxygen atoms in total. The molecule has 1 N–H and O–H groups in total. The summed E-state index contributed by atoms with van der Waals surface area (Å²) in [6, 6.07) is 10.0. The van der Waals surface area contributed by atoms with Crippen molar-refractivity contribution < 1.29 is 0 Å². The minimum absolute atomic E-state index is 0. The maximum Gasteiger partial charge on any atom is 0.330 e. The fraction of sp³-hybridized carbons (Fsp3) is 0.278. The van der Waals surface area contributed by atoms with Crippen molar-refractivity contribution in [3.8, 4) is 11.3 Å². The Kier molecular flexibility index (Phi) is 4.05. The van der Waals surface area contributed by atoms with Crippen LogP contribution in [0.5, 0.6) is 0 Å². The number of hydrogen-bond acceptors (Lipinski definition) is 4. The standard InChI is InChI=1S/C18H18N6O.ClH/c1-22-16-6-5-14(13-11-20-23-9-3-2-4-15(13)23)21-17(16)24(18(22)25)12-7-8-19-10-12;/h2-6,9,11-12,19H,7-8,10H2,1H3;1H/t12-;/m1./s1. The van der Waals surface area contributed by atoms with Gasteiger partial charge in [-0.3, -0.25) is 9.13 Å². The SMILES string of the molecule is Cl.Cn1c(=O)n([C@@H]2CCNC2)c2nc(-c3cnn4ccccc34)ccc21. The molecule has 0 aromatic carbocycles. The van der Waals surface area contributed by atoms with E-state index in [1.807, 2.05) is 51.8 Å². The van der Waals surface area contributed by atoms with Crippen LogP contribution in [0.15, 0.2) is 47.5 Å². The molecule has 1 atom stereocenters. The van der Waals surface area contributed by atoms with E-state index in [-0.39, 0.29) is 24.1 Å². The van der Waals surface area contributed by atoms with E-state index in [4.69, 9.17) is 4.98 Å². The molecule has 134 valence electrons. The molecular weight excluding hydrogens is 352 g/mol. The number of pyridine rings is 2. The fourth-order valence-corrected chi connectivity index (χ4v) is 3.71. The molecule has 0 radical (unpaired) electrons. The van der Waals surface area contributed by atoms with E-state index in [0.717, 1.165) is 47.4 Å². The Hall–Kier alpha value is -2.64. The number of imidazole rings is 1. The number of aryl methyl sites for hydroxylation is 1. The largest absolute Gasteiger partial charge is 0.330 e. The Morgan fingerprint density at radius 2 is 2.08 bits per heavy atom. The average Bonchev–Trinajstić information content (AvgIpc) is 3.35. The number of rotatable bonds is 2. The molecule has 1 fully saturated rings. The molecule has 0 saturated carbocycles. The average molecular weight is 371 g/mol. The molecule has 4 aromatic rings. The van der Waals surface area contributed by atoms with Gasteiger partial charge in [0.25, 0.3) is 0 Å². The predicted molar refractivity (Wildman–Crippen MR) is 103 cm³/mol. The number of hydrogen-bond donors (Lipinski definition) is 1. The molecule has 1 aliphatic heterocycles. The van der Waals surface area contributed by atoms with Crippen LogP contribution in [-0.4, -0.2) is 36.8 Å². The second-order valence-electron chi connectivity index (χ2n) is 6.49. The highest BCUT2D eigenvalue weighted by molar-refractivity contribution is 5.85. The lowest BCUT2D eigenvalue weighted by molar-refractivity contribution is 0.532. The molecule has 8 heteroatoms. The Morgan fingerprint density at radius 3 is 2.88 bits per heavy atom. The molecule has 26 heavy (non-hydrogen) atoms. The first-order valence-corrected chi connectivity index (χ1v) is 8.45. The smallest absolute Gasteiger partial charge is 0.315 e. The number of aromatic nitrogens is 5. The van der Waals surface area contributed by atoms with Gasteiger partial charge >= 0.3 is 5.69 Å². The van der Waals surface area contributed by atoms with E-state index < -0.39 is 0 Å². The summed E-state index contributed by atoms with van der Waals surface area (Å²) >= 11 is 0. The van der Waals surface area contributed by atoms with Gasteiger partial charge < -0.3 is 5.32 Å². The first kappa shape index (κ1) is 16.8. The second kappa shape index (κ2) is 6.26. The zero-order valence-corrected chi connectivity index (χ0v) is 15.1. The van der Waals surface area contributed by atoms with E-state index >= 15 is 0 Å². The summed E-state index contributed by atoms with van der Waals surface area (Å²) in [6.07, 6.45) is 4.69. The van der Waals surface area contributed by atoms with Crippen molar-refractivity contribution in [3.05, 3.63) is 53.2 Å². The Balaban J connectivity index is 0.00000168. The summed E-state index contributed by atoms with van der Waals surface area (Å²) in [5, 5.41) is 7.72. The summed E-state index contributed by atoms with van der Waals surface area (Å²) in [6.45, 7) is 1.74. The first-order valence-electron chi connectivity index (χ1n) is 8.45. The molecule has 0 amide bonds. The summed E-state index contributed by atoms with van der Waals surface area (Å²) in [7, 11) is 1.81. The Morgan fingerprint density at radius 1 is 1.19 bits per heavy atom. The summed E-state index contributed by atoms with van der Waals surface area (Å²) in [4.78, 5) is 17.6. The lowest BCUT2D eigenvalue weighted by Gasteiger charge is -2.10. The van der Waals surface area contributed by atoms with Crippen LogP contribution < -0.4 is 11.0 Å². The van der Waals surface area contributed by atoms with Gasteiger partial charge in [0.1, 0.15) is 0 Å². The van der Waals surface area contributed by atoms with E-state index in [1.54, 1.807) is 11.6 Å². The third-order valence-electron chi connectivity index (χ3n) is 5.04. The van der Waals surface area contributed by atoms with Crippen LogP contribution in [0.3, 0.4) is 0 Å². The van der Waals surface area contributed by atoms with Gasteiger partial charge in [0.15, 0.2) is 5.65 Å². The minimum Gasteiger partial charge on any atom is -0.315 e. The highest BCUT2D eigenvalue weighted by Gasteiger charge is 2.23. The monoisotopic (exact) mass is 370 g/mol. The van der Waals surface area contributed by atoms with Gasteiger partial charge in [0, 0.05) is 25.4 Å². The van der Waals surface area contributed by atoms with Crippen molar-refractivity contribution in [2.45, 2.75) is 12.5 Å². The van der Waals surface area contributed by atoms with Crippen molar-refractivity contribution in [3.63, 3.8) is 0 Å². The lowest BCUT2D eigenvalue weighted by Crippen LogP contribution is -2.27. The van der Waals surface area contributed by atoms with Crippen molar-refractivity contribution >= 4 is 29.1 Å². The zero-order chi connectivity index (χ0) is 17.0. The molecule has 0 aliphatic carbocycles. The highest BCUT2D eigenvalue weighted by atomic mass is 35.5. The van der Waals surface area contributed by atoms with Gasteiger partial charge in [-0.1, -0.05) is 6.07 Å². The summed E-state index contributed by atoms with van der Waals surface area (Å²) in [5.74, 6) is 0. The maximum atomic E-state index is 12.7. The van der Waals surface area contributed by atoms with Crippen molar-refractivity contribution in [1.29, 1.82) is 0 Å². The van der Waals surface area contributed by atoms with Crippen LogP contribution in [0.25, 0.3) is 27.9 Å². The molecule has 0 unspecified atom stereocenters. The normalized spacial score (nSPS) is 17.0. The van der Waals surface area contributed by atoms with Crippen molar-refractivity contribution in [2.75, 3.05) is 13.1 Å². The quantitative estimate of drug-likeness (QED) is 0.586. The molecule has 0 bridgehead atoms. The van der Waals surface area contributed by atoms with Gasteiger partial charge in [0.2, 0.25) is 0 Å². The van der Waals surface area contributed by atoms with Gasteiger partial charge in [-0.2, -0.15) is 5.10 Å². The van der Waals surface area contributed by atoms with Gasteiger partial charge in [-0.15, -0.1) is 12.4 Å². The molecular formula is C18H19ClN6O.